The van der Waals surface area contributed by atoms with Gasteiger partial charge < -0.3 is 15.6 Å². The maximum absolute atomic E-state index is 10.8. The number of H-pyrrole nitrogens is 1. The second-order valence-corrected chi connectivity index (χ2v) is 5.99. The van der Waals surface area contributed by atoms with E-state index in [0.717, 1.165) is 18.4 Å². The lowest BCUT2D eigenvalue weighted by atomic mass is 10.0. The molecule has 7 heteroatoms. The lowest BCUT2D eigenvalue weighted by molar-refractivity contribution is -0.384. The van der Waals surface area contributed by atoms with Gasteiger partial charge >= 0.3 is 0 Å². The second kappa shape index (κ2) is 4.70. The first-order valence-corrected chi connectivity index (χ1v) is 7.34. The standard InChI is InChI=1S/C14H17N5O2/c20-19(21)11-3-4-12-13(7-11)18-14(17-12)16-10-5-8-1-2-9(6-10)15-8/h3-4,7-10,15H,1-2,5-6H2,(H2,16,17,18). The van der Waals surface area contributed by atoms with Crippen LogP contribution in [-0.4, -0.2) is 33.0 Å². The van der Waals surface area contributed by atoms with Crippen LogP contribution in [0.2, 0.25) is 0 Å². The number of aromatic amines is 1. The number of nitro benzene ring substituents is 1. The van der Waals surface area contributed by atoms with Crippen LogP contribution in [0.3, 0.4) is 0 Å². The highest BCUT2D eigenvalue weighted by Gasteiger charge is 2.33. The van der Waals surface area contributed by atoms with E-state index in [4.69, 9.17) is 0 Å². The zero-order valence-electron chi connectivity index (χ0n) is 11.5. The smallest absolute Gasteiger partial charge is 0.271 e. The van der Waals surface area contributed by atoms with Gasteiger partial charge in [-0.15, -0.1) is 0 Å². The average Bonchev–Trinajstić information content (AvgIpc) is 3.00. The third-order valence-electron chi connectivity index (χ3n) is 4.49. The van der Waals surface area contributed by atoms with Crippen molar-refractivity contribution in [2.24, 2.45) is 0 Å². The predicted molar refractivity (Wildman–Crippen MR) is 79.3 cm³/mol. The summed E-state index contributed by atoms with van der Waals surface area (Å²) in [5, 5.41) is 17.8. The molecule has 7 nitrogen and oxygen atoms in total. The van der Waals surface area contributed by atoms with Crippen LogP contribution >= 0.6 is 0 Å². The van der Waals surface area contributed by atoms with Crippen LogP contribution in [0, 0.1) is 10.1 Å². The molecule has 2 fully saturated rings. The highest BCUT2D eigenvalue weighted by Crippen LogP contribution is 2.29. The second-order valence-electron chi connectivity index (χ2n) is 5.99. The molecule has 2 bridgehead atoms. The molecule has 110 valence electrons. The molecule has 0 saturated carbocycles. The average molecular weight is 287 g/mol. The number of anilines is 1. The molecule has 0 amide bonds. The number of nitro groups is 1. The number of piperidine rings is 1. The number of non-ortho nitro benzene ring substituents is 1. The van der Waals surface area contributed by atoms with Gasteiger partial charge in [-0.3, -0.25) is 10.1 Å². The summed E-state index contributed by atoms with van der Waals surface area (Å²) < 4.78 is 0. The number of aromatic nitrogens is 2. The van der Waals surface area contributed by atoms with Gasteiger partial charge in [-0.1, -0.05) is 0 Å². The highest BCUT2D eigenvalue weighted by atomic mass is 16.6. The van der Waals surface area contributed by atoms with Gasteiger partial charge in [-0.25, -0.2) is 4.98 Å². The minimum atomic E-state index is -0.391. The van der Waals surface area contributed by atoms with E-state index in [1.807, 2.05) is 0 Å². The van der Waals surface area contributed by atoms with Crippen LogP contribution in [0.5, 0.6) is 0 Å². The fourth-order valence-corrected chi connectivity index (χ4v) is 3.55. The van der Waals surface area contributed by atoms with Crippen molar-refractivity contribution in [2.45, 2.75) is 43.8 Å². The quantitative estimate of drug-likeness (QED) is 0.594. The Bertz CT molecular complexity index is 686. The molecular weight excluding hydrogens is 270 g/mol. The number of nitrogens with one attached hydrogen (secondary N) is 3. The summed E-state index contributed by atoms with van der Waals surface area (Å²) in [6.45, 7) is 0. The Kier molecular flexibility index (Phi) is 2.81. The molecule has 2 aliphatic heterocycles. The zero-order valence-corrected chi connectivity index (χ0v) is 11.5. The van der Waals surface area contributed by atoms with Gasteiger partial charge in [0.1, 0.15) is 0 Å². The lowest BCUT2D eigenvalue weighted by Crippen LogP contribution is -2.43. The number of benzene rings is 1. The fraction of sp³-hybridized carbons (Fsp3) is 0.500. The molecule has 1 aromatic carbocycles. The summed E-state index contributed by atoms with van der Waals surface area (Å²) in [4.78, 5) is 18.0. The van der Waals surface area contributed by atoms with Crippen molar-refractivity contribution in [1.29, 1.82) is 0 Å². The molecule has 2 atom stereocenters. The third-order valence-corrected chi connectivity index (χ3v) is 4.49. The SMILES string of the molecule is O=[N+]([O-])c1ccc2nc(NC3CC4CCC(C3)N4)[nH]c2c1. The Morgan fingerprint density at radius 2 is 2.05 bits per heavy atom. The first-order valence-electron chi connectivity index (χ1n) is 7.34. The first kappa shape index (κ1) is 12.6. The molecule has 1 aromatic heterocycles. The lowest BCUT2D eigenvalue weighted by Gasteiger charge is -2.29. The summed E-state index contributed by atoms with van der Waals surface area (Å²) in [5.74, 6) is 0.705. The Hall–Kier alpha value is -2.15. The summed E-state index contributed by atoms with van der Waals surface area (Å²) in [6, 6.07) is 6.34. The number of hydrogen-bond acceptors (Lipinski definition) is 5. The molecule has 2 unspecified atom stereocenters. The van der Waals surface area contributed by atoms with E-state index in [9.17, 15) is 10.1 Å². The molecule has 2 aromatic rings. The number of imidazole rings is 1. The maximum Gasteiger partial charge on any atom is 0.271 e. The van der Waals surface area contributed by atoms with Crippen molar-refractivity contribution in [3.63, 3.8) is 0 Å². The highest BCUT2D eigenvalue weighted by molar-refractivity contribution is 5.79. The maximum atomic E-state index is 10.8. The van der Waals surface area contributed by atoms with Crippen molar-refractivity contribution >= 4 is 22.7 Å². The molecular formula is C14H17N5O2. The van der Waals surface area contributed by atoms with Crippen LogP contribution < -0.4 is 10.6 Å². The predicted octanol–water partition coefficient (Wildman–Crippen LogP) is 2.17. The van der Waals surface area contributed by atoms with E-state index < -0.39 is 4.92 Å². The Morgan fingerprint density at radius 3 is 2.76 bits per heavy atom. The van der Waals surface area contributed by atoms with Gasteiger partial charge in [0, 0.05) is 30.3 Å². The summed E-state index contributed by atoms with van der Waals surface area (Å²) in [5.41, 5.74) is 1.53. The molecule has 21 heavy (non-hydrogen) atoms. The van der Waals surface area contributed by atoms with Crippen molar-refractivity contribution < 1.29 is 4.92 Å². The van der Waals surface area contributed by atoms with Crippen LogP contribution in [0.1, 0.15) is 25.7 Å². The van der Waals surface area contributed by atoms with Gasteiger partial charge in [-0.2, -0.15) is 0 Å². The molecule has 0 radical (unpaired) electrons. The van der Waals surface area contributed by atoms with Gasteiger partial charge in [0.25, 0.3) is 5.69 Å². The van der Waals surface area contributed by atoms with Crippen LogP contribution in [0.25, 0.3) is 11.0 Å². The van der Waals surface area contributed by atoms with Crippen LogP contribution in [-0.2, 0) is 0 Å². The van der Waals surface area contributed by atoms with E-state index in [1.54, 1.807) is 6.07 Å². The molecule has 2 aliphatic rings. The monoisotopic (exact) mass is 287 g/mol. The Labute approximate surface area is 121 Å². The molecule has 3 N–H and O–H groups in total. The van der Waals surface area contributed by atoms with E-state index in [-0.39, 0.29) is 5.69 Å². The summed E-state index contributed by atoms with van der Waals surface area (Å²) in [6.07, 6.45) is 4.73. The first-order chi connectivity index (χ1) is 10.2. The van der Waals surface area contributed by atoms with Crippen LogP contribution in [0.15, 0.2) is 18.2 Å². The largest absolute Gasteiger partial charge is 0.353 e. The fourth-order valence-electron chi connectivity index (χ4n) is 3.55. The molecule has 2 saturated heterocycles. The van der Waals surface area contributed by atoms with Gasteiger partial charge in [0.2, 0.25) is 5.95 Å². The molecule has 0 aliphatic carbocycles. The molecule has 0 spiro atoms. The van der Waals surface area contributed by atoms with Gasteiger partial charge in [0.05, 0.1) is 16.0 Å². The van der Waals surface area contributed by atoms with Gasteiger partial charge in [-0.05, 0) is 31.7 Å². The van der Waals surface area contributed by atoms with Crippen molar-refractivity contribution in [2.75, 3.05) is 5.32 Å². The zero-order chi connectivity index (χ0) is 14.4. The van der Waals surface area contributed by atoms with E-state index >= 15 is 0 Å². The van der Waals surface area contributed by atoms with E-state index in [1.165, 1.54) is 25.0 Å². The third kappa shape index (κ3) is 2.33. The minimum absolute atomic E-state index is 0.0811. The number of nitrogens with zero attached hydrogens (tertiary/aromatic N) is 2. The topological polar surface area (TPSA) is 95.9 Å². The van der Waals surface area contributed by atoms with Gasteiger partial charge in [0.15, 0.2) is 0 Å². The Balaban J connectivity index is 1.55. The number of hydrogen-bond donors (Lipinski definition) is 3. The van der Waals surface area contributed by atoms with Crippen molar-refractivity contribution in [1.82, 2.24) is 15.3 Å². The minimum Gasteiger partial charge on any atom is -0.353 e. The van der Waals surface area contributed by atoms with Crippen molar-refractivity contribution in [3.05, 3.63) is 28.3 Å². The normalized spacial score (nSPS) is 27.9. The summed E-state index contributed by atoms with van der Waals surface area (Å²) in [7, 11) is 0. The Morgan fingerprint density at radius 1 is 1.29 bits per heavy atom. The number of fused-ring (bicyclic) bond motifs is 3. The van der Waals surface area contributed by atoms with Crippen LogP contribution in [0.4, 0.5) is 11.6 Å². The summed E-state index contributed by atoms with van der Waals surface area (Å²) >= 11 is 0. The van der Waals surface area contributed by atoms with E-state index in [2.05, 4.69) is 20.6 Å². The van der Waals surface area contributed by atoms with E-state index in [0.29, 0.717) is 29.6 Å². The molecule has 4 rings (SSSR count). The number of rotatable bonds is 3. The van der Waals surface area contributed by atoms with Crippen molar-refractivity contribution in [3.8, 4) is 0 Å². The molecule has 3 heterocycles.